The molecule has 0 spiro atoms. The van der Waals surface area contributed by atoms with Crippen molar-refractivity contribution in [3.8, 4) is 56.0 Å². The van der Waals surface area contributed by atoms with Crippen LogP contribution in [0.5, 0.6) is 11.5 Å². The van der Waals surface area contributed by atoms with E-state index in [2.05, 4.69) is 249 Å². The molecule has 2 heteroatoms. The van der Waals surface area contributed by atoms with Crippen LogP contribution in [0.15, 0.2) is 231 Å². The summed E-state index contributed by atoms with van der Waals surface area (Å²) >= 11 is 0. The van der Waals surface area contributed by atoms with Crippen LogP contribution in [0.25, 0.3) is 55.3 Å². The van der Waals surface area contributed by atoms with Crippen LogP contribution in [0.4, 0.5) is 17.1 Å². The van der Waals surface area contributed by atoms with Crippen LogP contribution >= 0.6 is 0 Å². The SMILES string of the molecule is CC1(C)c2ccccc2-c2cc(N(c3ccc(-c4ccccc4)cc3)c3ccc(-c4ccc5cccc6c5c4Oc4c-6cccc4C(Cc4ccccc4)c4ccccc4)cc3)ccc21. The van der Waals surface area contributed by atoms with Crippen LogP contribution in [0.1, 0.15) is 47.6 Å². The van der Waals surface area contributed by atoms with Crippen molar-refractivity contribution in [2.24, 2.45) is 0 Å². The Morgan fingerprint density at radius 2 is 1.00 bits per heavy atom. The molecule has 0 bridgehead atoms. The maximum absolute atomic E-state index is 7.35. The number of benzene rings is 10. The average molecular weight is 834 g/mol. The van der Waals surface area contributed by atoms with Crippen LogP contribution in [-0.2, 0) is 11.8 Å². The molecule has 0 N–H and O–H groups in total. The van der Waals surface area contributed by atoms with Gasteiger partial charge in [0.25, 0.3) is 0 Å². The molecular weight excluding hydrogens is 787 g/mol. The molecule has 1 aliphatic carbocycles. The first-order valence-electron chi connectivity index (χ1n) is 22.8. The molecule has 1 unspecified atom stereocenters. The van der Waals surface area contributed by atoms with Crippen molar-refractivity contribution in [2.75, 3.05) is 4.90 Å². The van der Waals surface area contributed by atoms with Crippen molar-refractivity contribution in [3.05, 3.63) is 258 Å². The molecule has 1 heterocycles. The first kappa shape index (κ1) is 38.7. The van der Waals surface area contributed by atoms with Gasteiger partial charge in [-0.15, -0.1) is 0 Å². The second-order valence-electron chi connectivity index (χ2n) is 18.0. The summed E-state index contributed by atoms with van der Waals surface area (Å²) in [5.41, 5.74) is 19.3. The highest BCUT2D eigenvalue weighted by atomic mass is 16.5. The standard InChI is InChI=1S/C63H47NO/c1-63(2)58-27-13-12-23-52(58)57-41-50(37-39-59(57)63)64(48-33-28-44(29-34-48)43-18-8-4-9-19-43)49-35-30-46(31-36-49)51-38-32-47-22-14-24-53-54-25-15-26-55(61(54)65-62(51)60(47)53)56(45-20-10-5-11-21-45)40-42-16-6-3-7-17-42/h3-39,41,56H,40H2,1-2H3. The highest BCUT2D eigenvalue weighted by Crippen LogP contribution is 2.54. The second-order valence-corrected chi connectivity index (χ2v) is 18.0. The van der Waals surface area contributed by atoms with Crippen LogP contribution in [0.3, 0.4) is 0 Å². The molecule has 310 valence electrons. The Labute approximate surface area is 381 Å². The third kappa shape index (κ3) is 6.64. The fourth-order valence-electron chi connectivity index (χ4n) is 10.6. The Kier molecular flexibility index (Phi) is 9.35. The molecule has 0 fully saturated rings. The van der Waals surface area contributed by atoms with Crippen molar-refractivity contribution in [3.63, 3.8) is 0 Å². The minimum absolute atomic E-state index is 0.0675. The fourth-order valence-corrected chi connectivity index (χ4v) is 10.6. The van der Waals surface area contributed by atoms with Crippen LogP contribution < -0.4 is 9.64 Å². The van der Waals surface area contributed by atoms with Gasteiger partial charge in [-0.3, -0.25) is 0 Å². The lowest BCUT2D eigenvalue weighted by Crippen LogP contribution is -2.15. The zero-order chi connectivity index (χ0) is 43.5. The van der Waals surface area contributed by atoms with E-state index in [1.165, 1.54) is 61.0 Å². The van der Waals surface area contributed by atoms with Gasteiger partial charge in [0.2, 0.25) is 0 Å². The predicted octanol–water partition coefficient (Wildman–Crippen LogP) is 17.1. The van der Waals surface area contributed by atoms with Crippen molar-refractivity contribution >= 4 is 27.8 Å². The van der Waals surface area contributed by atoms with Gasteiger partial charge in [0, 0.05) is 50.5 Å². The van der Waals surface area contributed by atoms with E-state index in [-0.39, 0.29) is 11.3 Å². The Balaban J connectivity index is 0.965. The topological polar surface area (TPSA) is 12.5 Å². The minimum Gasteiger partial charge on any atom is -0.455 e. The molecule has 0 saturated heterocycles. The summed E-state index contributed by atoms with van der Waals surface area (Å²) in [6.45, 7) is 4.68. The number of para-hydroxylation sites is 1. The van der Waals surface area contributed by atoms with E-state index in [9.17, 15) is 0 Å². The Bertz CT molecular complexity index is 3370. The molecule has 1 aliphatic heterocycles. The van der Waals surface area contributed by atoms with Gasteiger partial charge in [0.05, 0.1) is 0 Å². The Morgan fingerprint density at radius 3 is 1.75 bits per heavy atom. The molecule has 0 radical (unpaired) electrons. The highest BCUT2D eigenvalue weighted by Gasteiger charge is 2.36. The van der Waals surface area contributed by atoms with Crippen molar-refractivity contribution in [1.82, 2.24) is 0 Å². The van der Waals surface area contributed by atoms with E-state index in [0.29, 0.717) is 0 Å². The smallest absolute Gasteiger partial charge is 0.143 e. The van der Waals surface area contributed by atoms with Gasteiger partial charge in [-0.1, -0.05) is 202 Å². The zero-order valence-corrected chi connectivity index (χ0v) is 36.6. The number of anilines is 3. The van der Waals surface area contributed by atoms with Gasteiger partial charge in [-0.05, 0) is 110 Å². The lowest BCUT2D eigenvalue weighted by Gasteiger charge is -2.29. The molecule has 0 saturated carbocycles. The number of rotatable bonds is 9. The summed E-state index contributed by atoms with van der Waals surface area (Å²) in [7, 11) is 0. The fraction of sp³-hybridized carbons (Fsp3) is 0.0794. The van der Waals surface area contributed by atoms with Gasteiger partial charge in [0.15, 0.2) is 0 Å². The number of hydrogen-bond acceptors (Lipinski definition) is 2. The third-order valence-electron chi connectivity index (χ3n) is 13.9. The molecule has 2 aliphatic rings. The number of ether oxygens (including phenoxy) is 1. The first-order valence-corrected chi connectivity index (χ1v) is 22.8. The molecule has 12 rings (SSSR count). The molecule has 2 nitrogen and oxygen atoms in total. The largest absolute Gasteiger partial charge is 0.455 e. The van der Waals surface area contributed by atoms with Crippen molar-refractivity contribution in [2.45, 2.75) is 31.6 Å². The summed E-state index contributed by atoms with van der Waals surface area (Å²) in [6.07, 6.45) is 0.866. The van der Waals surface area contributed by atoms with Crippen molar-refractivity contribution < 1.29 is 4.74 Å². The third-order valence-corrected chi connectivity index (χ3v) is 13.9. The lowest BCUT2D eigenvalue weighted by atomic mass is 9.82. The highest BCUT2D eigenvalue weighted by molar-refractivity contribution is 6.08. The van der Waals surface area contributed by atoms with Crippen LogP contribution in [0.2, 0.25) is 0 Å². The minimum atomic E-state index is -0.0675. The molecular formula is C63H47NO. The predicted molar refractivity (Wildman–Crippen MR) is 271 cm³/mol. The maximum atomic E-state index is 7.35. The second kappa shape index (κ2) is 15.7. The summed E-state index contributed by atoms with van der Waals surface area (Å²) in [6, 6.07) is 84.1. The number of fused-ring (bicyclic) bond motifs is 5. The summed E-state index contributed by atoms with van der Waals surface area (Å²) in [5, 5.41) is 2.32. The Hall–Kier alpha value is -7.94. The molecule has 10 aromatic carbocycles. The molecule has 65 heavy (non-hydrogen) atoms. The van der Waals surface area contributed by atoms with Gasteiger partial charge in [-0.25, -0.2) is 0 Å². The lowest BCUT2D eigenvalue weighted by molar-refractivity contribution is 0.478. The maximum Gasteiger partial charge on any atom is 0.143 e. The monoisotopic (exact) mass is 833 g/mol. The molecule has 0 aromatic heterocycles. The molecule has 1 atom stereocenters. The van der Waals surface area contributed by atoms with Gasteiger partial charge >= 0.3 is 0 Å². The Morgan fingerprint density at radius 1 is 0.415 bits per heavy atom. The summed E-state index contributed by atoms with van der Waals surface area (Å²) < 4.78 is 7.35. The number of nitrogens with zero attached hydrogens (tertiary/aromatic N) is 1. The zero-order valence-electron chi connectivity index (χ0n) is 36.6. The summed E-state index contributed by atoms with van der Waals surface area (Å²) in [5.74, 6) is 1.95. The van der Waals surface area contributed by atoms with Crippen molar-refractivity contribution in [1.29, 1.82) is 0 Å². The normalized spacial score (nSPS) is 13.3. The van der Waals surface area contributed by atoms with Crippen LogP contribution in [0, 0.1) is 0 Å². The molecule has 0 amide bonds. The van der Waals surface area contributed by atoms with E-state index in [0.717, 1.165) is 57.1 Å². The van der Waals surface area contributed by atoms with E-state index in [1.54, 1.807) is 0 Å². The molecule has 10 aromatic rings. The van der Waals surface area contributed by atoms with Gasteiger partial charge in [-0.2, -0.15) is 0 Å². The summed E-state index contributed by atoms with van der Waals surface area (Å²) in [4.78, 5) is 2.39. The van der Waals surface area contributed by atoms with Gasteiger partial charge < -0.3 is 9.64 Å². The van der Waals surface area contributed by atoms with E-state index in [4.69, 9.17) is 4.74 Å². The quantitative estimate of drug-likeness (QED) is 0.144. The number of hydrogen-bond donors (Lipinski definition) is 0. The van der Waals surface area contributed by atoms with E-state index < -0.39 is 0 Å². The van der Waals surface area contributed by atoms with E-state index >= 15 is 0 Å². The van der Waals surface area contributed by atoms with Crippen LogP contribution in [-0.4, -0.2) is 0 Å². The van der Waals surface area contributed by atoms with E-state index in [1.807, 2.05) is 0 Å². The first-order chi connectivity index (χ1) is 32.0. The van der Waals surface area contributed by atoms with Gasteiger partial charge in [0.1, 0.15) is 11.5 Å². The average Bonchev–Trinajstić information content (AvgIpc) is 3.60.